The third kappa shape index (κ3) is 2.05. The molecular weight excluding hydrogens is 298 g/mol. The van der Waals surface area contributed by atoms with Gasteiger partial charge in [-0.1, -0.05) is 46.4 Å². The molecular formula is C17H11ClN3O+. The van der Waals surface area contributed by atoms with Crippen molar-refractivity contribution in [2.45, 2.75) is 0 Å². The van der Waals surface area contributed by atoms with E-state index in [1.807, 2.05) is 48.7 Å². The molecule has 0 fully saturated rings. The van der Waals surface area contributed by atoms with Crippen LogP contribution in [0.3, 0.4) is 0 Å². The summed E-state index contributed by atoms with van der Waals surface area (Å²) in [5.74, 6) is 0. The number of benzene rings is 2. The van der Waals surface area contributed by atoms with Crippen LogP contribution in [0.5, 0.6) is 0 Å². The van der Waals surface area contributed by atoms with Crippen LogP contribution in [0.15, 0.2) is 65.6 Å². The number of hydrogen-bond donors (Lipinski definition) is 1. The smallest absolute Gasteiger partial charge is 0.241 e. The summed E-state index contributed by atoms with van der Waals surface area (Å²) in [7, 11) is 0. The van der Waals surface area contributed by atoms with Gasteiger partial charge in [0, 0.05) is 16.7 Å². The maximum Gasteiger partial charge on any atom is 0.395 e. The highest BCUT2D eigenvalue weighted by Crippen LogP contribution is 2.25. The Kier molecular flexibility index (Phi) is 2.91. The first-order valence-corrected chi connectivity index (χ1v) is 7.19. The molecule has 0 aliphatic rings. The SMILES string of the molecule is O=c1nc(-c2ccc(Cl)cc2)c2c3ccccc3cc[n+]2[nH]1. The first-order valence-electron chi connectivity index (χ1n) is 6.82. The van der Waals surface area contributed by atoms with E-state index in [-0.39, 0.29) is 0 Å². The Morgan fingerprint density at radius 3 is 2.59 bits per heavy atom. The fourth-order valence-corrected chi connectivity index (χ4v) is 2.77. The van der Waals surface area contributed by atoms with E-state index >= 15 is 0 Å². The van der Waals surface area contributed by atoms with E-state index in [0.717, 1.165) is 21.9 Å². The zero-order valence-electron chi connectivity index (χ0n) is 11.5. The predicted octanol–water partition coefficient (Wildman–Crippen LogP) is 2.98. The van der Waals surface area contributed by atoms with Crippen LogP contribution in [0.25, 0.3) is 27.5 Å². The standard InChI is InChI=1S/C17H10ClN3O/c18-13-7-5-12(6-8-13)15-16-14-4-2-1-3-11(14)9-10-21(16)20-17(22)19-15/h1-10H/p+1. The normalized spacial score (nSPS) is 11.1. The quantitative estimate of drug-likeness (QED) is 0.434. The fourth-order valence-electron chi connectivity index (χ4n) is 2.64. The van der Waals surface area contributed by atoms with Crippen LogP contribution in [0.2, 0.25) is 5.02 Å². The van der Waals surface area contributed by atoms with Gasteiger partial charge in [-0.15, -0.1) is 5.10 Å². The van der Waals surface area contributed by atoms with Crippen LogP contribution in [0.4, 0.5) is 0 Å². The van der Waals surface area contributed by atoms with Gasteiger partial charge in [0.1, 0.15) is 0 Å². The molecule has 2 heterocycles. The number of fused-ring (bicyclic) bond motifs is 3. The number of aromatic nitrogens is 3. The van der Waals surface area contributed by atoms with Crippen LogP contribution >= 0.6 is 11.6 Å². The number of halogens is 1. The monoisotopic (exact) mass is 308 g/mol. The lowest BCUT2D eigenvalue weighted by Gasteiger charge is -2.03. The molecule has 1 N–H and O–H groups in total. The molecule has 0 aliphatic heterocycles. The van der Waals surface area contributed by atoms with E-state index in [1.54, 1.807) is 16.6 Å². The average Bonchev–Trinajstić information content (AvgIpc) is 2.54. The third-order valence-electron chi connectivity index (χ3n) is 3.63. The lowest BCUT2D eigenvalue weighted by molar-refractivity contribution is -0.581. The van der Waals surface area contributed by atoms with Crippen molar-refractivity contribution < 1.29 is 4.52 Å². The van der Waals surface area contributed by atoms with Crippen molar-refractivity contribution in [3.63, 3.8) is 0 Å². The minimum atomic E-state index is -0.391. The Balaban J connectivity index is 2.18. The molecule has 22 heavy (non-hydrogen) atoms. The Hall–Kier alpha value is -2.72. The van der Waals surface area contributed by atoms with E-state index < -0.39 is 5.69 Å². The largest absolute Gasteiger partial charge is 0.395 e. The van der Waals surface area contributed by atoms with Crippen molar-refractivity contribution in [3.05, 3.63) is 76.3 Å². The Labute approximate surface area is 130 Å². The van der Waals surface area contributed by atoms with E-state index in [1.165, 1.54) is 0 Å². The summed E-state index contributed by atoms with van der Waals surface area (Å²) < 4.78 is 1.71. The second-order valence-electron chi connectivity index (χ2n) is 5.01. The maximum absolute atomic E-state index is 11.9. The summed E-state index contributed by atoms with van der Waals surface area (Å²) >= 11 is 5.95. The molecule has 4 rings (SSSR count). The summed E-state index contributed by atoms with van der Waals surface area (Å²) in [6.45, 7) is 0. The number of hydrogen-bond acceptors (Lipinski definition) is 2. The van der Waals surface area contributed by atoms with Gasteiger partial charge in [0.15, 0.2) is 5.69 Å². The fraction of sp³-hybridized carbons (Fsp3) is 0. The summed E-state index contributed by atoms with van der Waals surface area (Å²) in [6.07, 6.45) is 1.83. The highest BCUT2D eigenvalue weighted by molar-refractivity contribution is 6.30. The first-order chi connectivity index (χ1) is 10.7. The molecule has 0 saturated heterocycles. The number of nitrogens with one attached hydrogen (secondary N) is 1. The second-order valence-corrected chi connectivity index (χ2v) is 5.44. The van der Waals surface area contributed by atoms with E-state index in [2.05, 4.69) is 10.1 Å². The zero-order chi connectivity index (χ0) is 15.1. The topological polar surface area (TPSA) is 49.9 Å². The molecule has 0 amide bonds. The van der Waals surface area contributed by atoms with E-state index in [9.17, 15) is 4.79 Å². The number of H-pyrrole nitrogens is 1. The van der Waals surface area contributed by atoms with Gasteiger partial charge in [0.25, 0.3) is 5.52 Å². The number of pyridine rings is 1. The molecule has 0 bridgehead atoms. The lowest BCUT2D eigenvalue weighted by atomic mass is 10.1. The second kappa shape index (κ2) is 4.93. The molecule has 4 nitrogen and oxygen atoms in total. The van der Waals surface area contributed by atoms with Crippen molar-refractivity contribution in [1.29, 1.82) is 0 Å². The maximum atomic E-state index is 11.9. The molecule has 0 radical (unpaired) electrons. The predicted molar refractivity (Wildman–Crippen MR) is 86.0 cm³/mol. The Morgan fingerprint density at radius 2 is 1.77 bits per heavy atom. The van der Waals surface area contributed by atoms with Crippen LogP contribution in [-0.2, 0) is 0 Å². The summed E-state index contributed by atoms with van der Waals surface area (Å²) in [5, 5.41) is 5.49. The summed E-state index contributed by atoms with van der Waals surface area (Å²) in [6, 6.07) is 17.3. The number of nitrogens with zero attached hydrogens (tertiary/aromatic N) is 2. The number of aromatic amines is 1. The molecule has 0 unspecified atom stereocenters. The lowest BCUT2D eigenvalue weighted by Crippen LogP contribution is -2.35. The highest BCUT2D eigenvalue weighted by Gasteiger charge is 2.17. The van der Waals surface area contributed by atoms with Crippen LogP contribution in [0, 0.1) is 0 Å². The minimum Gasteiger partial charge on any atom is -0.241 e. The highest BCUT2D eigenvalue weighted by atomic mass is 35.5. The van der Waals surface area contributed by atoms with Gasteiger partial charge in [-0.05, 0) is 23.6 Å². The van der Waals surface area contributed by atoms with Gasteiger partial charge in [0.05, 0.1) is 5.39 Å². The molecule has 4 aromatic rings. The van der Waals surface area contributed by atoms with Gasteiger partial charge in [-0.2, -0.15) is 4.98 Å². The summed E-state index contributed by atoms with van der Waals surface area (Å²) in [5.41, 5.74) is 1.96. The third-order valence-corrected chi connectivity index (χ3v) is 3.88. The van der Waals surface area contributed by atoms with Crippen LogP contribution in [0.1, 0.15) is 0 Å². The van der Waals surface area contributed by atoms with Crippen molar-refractivity contribution in [2.24, 2.45) is 0 Å². The molecule has 5 heteroatoms. The first kappa shape index (κ1) is 13.0. The minimum absolute atomic E-state index is 0.391. The Bertz CT molecular complexity index is 1050. The number of rotatable bonds is 1. The van der Waals surface area contributed by atoms with E-state index in [0.29, 0.717) is 10.7 Å². The van der Waals surface area contributed by atoms with Gasteiger partial charge >= 0.3 is 5.69 Å². The van der Waals surface area contributed by atoms with Crippen LogP contribution in [-0.4, -0.2) is 10.1 Å². The molecule has 0 spiro atoms. The van der Waals surface area contributed by atoms with Crippen molar-refractivity contribution in [2.75, 3.05) is 0 Å². The van der Waals surface area contributed by atoms with Crippen molar-refractivity contribution in [1.82, 2.24) is 10.1 Å². The molecule has 106 valence electrons. The average molecular weight is 309 g/mol. The van der Waals surface area contributed by atoms with Gasteiger partial charge in [-0.25, -0.2) is 4.79 Å². The summed E-state index contributed by atoms with van der Waals surface area (Å²) in [4.78, 5) is 16.0. The van der Waals surface area contributed by atoms with Gasteiger partial charge in [0.2, 0.25) is 6.20 Å². The van der Waals surface area contributed by atoms with Crippen molar-refractivity contribution in [3.8, 4) is 11.3 Å². The van der Waals surface area contributed by atoms with Gasteiger partial charge < -0.3 is 0 Å². The van der Waals surface area contributed by atoms with Crippen molar-refractivity contribution >= 4 is 27.9 Å². The molecule has 2 aromatic carbocycles. The van der Waals surface area contributed by atoms with Crippen LogP contribution < -0.4 is 10.2 Å². The Morgan fingerprint density at radius 1 is 1.00 bits per heavy atom. The van der Waals surface area contributed by atoms with Gasteiger partial charge in [-0.3, -0.25) is 0 Å². The molecule has 0 saturated carbocycles. The molecule has 0 atom stereocenters. The molecule has 0 aliphatic carbocycles. The molecule has 2 aromatic heterocycles. The zero-order valence-corrected chi connectivity index (χ0v) is 12.2. The van der Waals surface area contributed by atoms with E-state index in [4.69, 9.17) is 11.6 Å².